The van der Waals surface area contributed by atoms with Gasteiger partial charge in [0, 0.05) is 13.0 Å². The Morgan fingerprint density at radius 2 is 2.28 bits per heavy atom. The maximum absolute atomic E-state index is 12.5. The van der Waals surface area contributed by atoms with Gasteiger partial charge in [0.1, 0.15) is 5.82 Å². The molecule has 0 spiro atoms. The molecular weight excluding hydrogens is 254 g/mol. The Balaban J connectivity index is 2.35. The molecule has 1 fully saturated rings. The van der Waals surface area contributed by atoms with E-state index < -0.39 is 15.6 Å². The van der Waals surface area contributed by atoms with Crippen LogP contribution in [0, 0.1) is 0 Å². The van der Waals surface area contributed by atoms with Gasteiger partial charge in [-0.3, -0.25) is 0 Å². The largest absolute Gasteiger partial charge is 0.378 e. The summed E-state index contributed by atoms with van der Waals surface area (Å²) in [6.45, 7) is 6.85. The Kier molecular flexibility index (Phi) is 3.48. The van der Waals surface area contributed by atoms with Crippen molar-refractivity contribution in [3.8, 4) is 0 Å². The van der Waals surface area contributed by atoms with Crippen molar-refractivity contribution in [3.05, 3.63) is 12.0 Å². The summed E-state index contributed by atoms with van der Waals surface area (Å²) in [5, 5.41) is 0.161. The van der Waals surface area contributed by atoms with Gasteiger partial charge in [-0.2, -0.15) is 4.31 Å². The average Bonchev–Trinajstić information content (AvgIpc) is 2.77. The second-order valence-corrected chi connectivity index (χ2v) is 6.82. The number of rotatable bonds is 3. The molecule has 0 bridgehead atoms. The van der Waals surface area contributed by atoms with Gasteiger partial charge in [-0.25, -0.2) is 13.4 Å². The highest BCUT2D eigenvalue weighted by Crippen LogP contribution is 2.26. The van der Waals surface area contributed by atoms with Gasteiger partial charge in [-0.05, 0) is 13.8 Å². The first kappa shape index (κ1) is 13.5. The van der Waals surface area contributed by atoms with E-state index in [4.69, 9.17) is 4.74 Å². The third kappa shape index (κ3) is 2.30. The Bertz CT molecular complexity index is 521. The van der Waals surface area contributed by atoms with Crippen LogP contribution >= 0.6 is 0 Å². The summed E-state index contributed by atoms with van der Waals surface area (Å²) in [6, 6.07) is 0. The molecule has 18 heavy (non-hydrogen) atoms. The fourth-order valence-electron chi connectivity index (χ4n) is 2.06. The van der Waals surface area contributed by atoms with Crippen molar-refractivity contribution in [2.45, 2.75) is 37.8 Å². The number of ether oxygens (including phenoxy) is 1. The summed E-state index contributed by atoms with van der Waals surface area (Å²) in [7, 11) is -3.52. The molecule has 0 amide bonds. The van der Waals surface area contributed by atoms with Crippen molar-refractivity contribution in [2.24, 2.45) is 0 Å². The van der Waals surface area contributed by atoms with Crippen LogP contribution in [-0.2, 0) is 21.2 Å². The number of morpholine rings is 1. The lowest BCUT2D eigenvalue weighted by atomic mass is 10.1. The zero-order valence-electron chi connectivity index (χ0n) is 10.9. The maximum Gasteiger partial charge on any atom is 0.260 e. The van der Waals surface area contributed by atoms with Crippen LogP contribution in [-0.4, -0.2) is 48.0 Å². The van der Waals surface area contributed by atoms with Crippen LogP contribution in [0.2, 0.25) is 0 Å². The Labute approximate surface area is 107 Å². The van der Waals surface area contributed by atoms with Crippen molar-refractivity contribution in [1.29, 1.82) is 0 Å². The first-order chi connectivity index (χ1) is 8.38. The summed E-state index contributed by atoms with van der Waals surface area (Å²) in [5.74, 6) is 0.680. The molecule has 0 aromatic carbocycles. The minimum Gasteiger partial charge on any atom is -0.378 e. The zero-order valence-corrected chi connectivity index (χ0v) is 11.7. The van der Waals surface area contributed by atoms with Gasteiger partial charge >= 0.3 is 0 Å². The third-order valence-electron chi connectivity index (χ3n) is 3.08. The normalized spacial score (nSPS) is 21.1. The highest BCUT2D eigenvalue weighted by molar-refractivity contribution is 7.89. The number of nitrogens with zero attached hydrogens (tertiary/aromatic N) is 2. The first-order valence-corrected chi connectivity index (χ1v) is 7.46. The number of hydrogen-bond donors (Lipinski definition) is 1. The van der Waals surface area contributed by atoms with Gasteiger partial charge < -0.3 is 9.72 Å². The lowest BCUT2D eigenvalue weighted by Gasteiger charge is -2.40. The summed E-state index contributed by atoms with van der Waals surface area (Å²) in [4.78, 5) is 6.91. The lowest BCUT2D eigenvalue weighted by Crippen LogP contribution is -2.55. The predicted octanol–water partition coefficient (Wildman–Crippen LogP) is 0.772. The summed E-state index contributed by atoms with van der Waals surface area (Å²) in [6.07, 6.45) is 2.07. The van der Waals surface area contributed by atoms with Crippen molar-refractivity contribution >= 4 is 10.0 Å². The molecule has 1 aromatic heterocycles. The summed E-state index contributed by atoms with van der Waals surface area (Å²) < 4.78 is 31.9. The highest BCUT2D eigenvalue weighted by atomic mass is 32.2. The minimum absolute atomic E-state index is 0.161. The van der Waals surface area contributed by atoms with Crippen molar-refractivity contribution in [1.82, 2.24) is 14.3 Å². The van der Waals surface area contributed by atoms with Crippen LogP contribution in [0.25, 0.3) is 0 Å². The predicted molar refractivity (Wildman–Crippen MR) is 66.8 cm³/mol. The molecule has 7 heteroatoms. The topological polar surface area (TPSA) is 75.3 Å². The van der Waals surface area contributed by atoms with Crippen LogP contribution in [0.3, 0.4) is 0 Å². The average molecular weight is 273 g/mol. The number of aromatic amines is 1. The molecule has 0 saturated carbocycles. The maximum atomic E-state index is 12.5. The molecule has 0 unspecified atom stereocenters. The van der Waals surface area contributed by atoms with Gasteiger partial charge in [-0.15, -0.1) is 0 Å². The smallest absolute Gasteiger partial charge is 0.260 e. The van der Waals surface area contributed by atoms with E-state index in [0.29, 0.717) is 32.0 Å². The molecule has 1 saturated heterocycles. The molecule has 1 aliphatic heterocycles. The van der Waals surface area contributed by atoms with E-state index in [9.17, 15) is 8.42 Å². The van der Waals surface area contributed by atoms with Crippen LogP contribution in [0.1, 0.15) is 26.6 Å². The number of aromatic nitrogens is 2. The zero-order chi connectivity index (χ0) is 13.4. The second-order valence-electron chi connectivity index (χ2n) is 4.99. The van der Waals surface area contributed by atoms with E-state index in [-0.39, 0.29) is 5.03 Å². The fourth-order valence-corrected chi connectivity index (χ4v) is 3.75. The van der Waals surface area contributed by atoms with Crippen molar-refractivity contribution in [3.63, 3.8) is 0 Å². The molecule has 2 heterocycles. The molecule has 1 aromatic rings. The Morgan fingerprint density at radius 1 is 1.56 bits per heavy atom. The molecule has 102 valence electrons. The van der Waals surface area contributed by atoms with Crippen LogP contribution in [0.5, 0.6) is 0 Å². The third-order valence-corrected chi connectivity index (χ3v) is 5.10. The SMILES string of the molecule is CCc1ncc(S(=O)(=O)N2CCOCC2(C)C)[nH]1. The molecule has 6 nitrogen and oxygen atoms in total. The summed E-state index contributed by atoms with van der Waals surface area (Å²) >= 11 is 0. The minimum atomic E-state index is -3.52. The van der Waals surface area contributed by atoms with E-state index in [2.05, 4.69) is 9.97 Å². The Hall–Kier alpha value is -0.920. The van der Waals surface area contributed by atoms with E-state index in [0.717, 1.165) is 0 Å². The highest BCUT2D eigenvalue weighted by Gasteiger charge is 2.40. The van der Waals surface area contributed by atoms with Gasteiger partial charge in [0.2, 0.25) is 0 Å². The van der Waals surface area contributed by atoms with E-state index in [1.54, 1.807) is 0 Å². The standard InChI is InChI=1S/C11H19N3O3S/c1-4-9-12-7-10(13-9)18(15,16)14-5-6-17-8-11(14,2)3/h7H,4-6,8H2,1-3H3,(H,12,13). The molecule has 0 atom stereocenters. The monoisotopic (exact) mass is 273 g/mol. The molecule has 2 rings (SSSR count). The molecule has 1 N–H and O–H groups in total. The molecule has 0 radical (unpaired) electrons. The van der Waals surface area contributed by atoms with Gasteiger partial charge in [-0.1, -0.05) is 6.92 Å². The van der Waals surface area contributed by atoms with Crippen LogP contribution in [0.15, 0.2) is 11.2 Å². The van der Waals surface area contributed by atoms with Crippen molar-refractivity contribution in [2.75, 3.05) is 19.8 Å². The molecule has 1 aliphatic rings. The number of nitrogens with one attached hydrogen (secondary N) is 1. The van der Waals surface area contributed by atoms with E-state index in [1.807, 2.05) is 20.8 Å². The van der Waals surface area contributed by atoms with E-state index >= 15 is 0 Å². The Morgan fingerprint density at radius 3 is 2.83 bits per heavy atom. The van der Waals surface area contributed by atoms with Gasteiger partial charge in [0.15, 0.2) is 5.03 Å². The number of imidazole rings is 1. The number of H-pyrrole nitrogens is 1. The second kappa shape index (κ2) is 4.64. The quantitative estimate of drug-likeness (QED) is 0.882. The lowest BCUT2D eigenvalue weighted by molar-refractivity contribution is -0.00781. The summed E-state index contributed by atoms with van der Waals surface area (Å²) in [5.41, 5.74) is -0.533. The van der Waals surface area contributed by atoms with Gasteiger partial charge in [0.05, 0.1) is 24.9 Å². The number of hydrogen-bond acceptors (Lipinski definition) is 4. The fraction of sp³-hybridized carbons (Fsp3) is 0.727. The first-order valence-electron chi connectivity index (χ1n) is 6.02. The number of aryl methyl sites for hydroxylation is 1. The van der Waals surface area contributed by atoms with Gasteiger partial charge in [0.25, 0.3) is 10.0 Å². The number of sulfonamides is 1. The molecule has 0 aliphatic carbocycles. The van der Waals surface area contributed by atoms with Crippen molar-refractivity contribution < 1.29 is 13.2 Å². The van der Waals surface area contributed by atoms with Crippen LogP contribution < -0.4 is 0 Å². The van der Waals surface area contributed by atoms with Crippen LogP contribution in [0.4, 0.5) is 0 Å². The molecular formula is C11H19N3O3S. The van der Waals surface area contributed by atoms with E-state index in [1.165, 1.54) is 10.5 Å².